The average molecular weight is 477 g/mol. The fourth-order valence-electron chi connectivity index (χ4n) is 4.30. The lowest BCUT2D eigenvalue weighted by Gasteiger charge is -2.36. The first-order valence-corrected chi connectivity index (χ1v) is 11.4. The fourth-order valence-corrected chi connectivity index (χ4v) is 4.30. The van der Waals surface area contributed by atoms with Crippen LogP contribution >= 0.6 is 0 Å². The summed E-state index contributed by atoms with van der Waals surface area (Å²) < 4.78 is 23.0. The van der Waals surface area contributed by atoms with E-state index in [0.29, 0.717) is 30.1 Å². The van der Waals surface area contributed by atoms with Crippen molar-refractivity contribution in [2.75, 3.05) is 47.4 Å². The normalized spacial score (nSPS) is 23.5. The van der Waals surface area contributed by atoms with E-state index in [1.165, 1.54) is 0 Å². The molecule has 1 aromatic carbocycles. The second kappa shape index (κ2) is 10.0. The zero-order valence-electron chi connectivity index (χ0n) is 21.1. The van der Waals surface area contributed by atoms with Crippen LogP contribution in [-0.4, -0.2) is 57.7 Å². The fraction of sp³-hybridized carbons (Fsp3) is 0.370. The van der Waals surface area contributed by atoms with Gasteiger partial charge in [0.05, 0.1) is 14.2 Å². The van der Waals surface area contributed by atoms with Gasteiger partial charge in [0.15, 0.2) is 5.82 Å². The molecule has 2 atom stereocenters. The second-order valence-corrected chi connectivity index (χ2v) is 8.66. The summed E-state index contributed by atoms with van der Waals surface area (Å²) in [5, 5.41) is 9.22. The smallest absolute Gasteiger partial charge is 0.182 e. The van der Waals surface area contributed by atoms with Crippen LogP contribution in [0.5, 0.6) is 0 Å². The highest BCUT2D eigenvalue weighted by Crippen LogP contribution is 2.43. The number of hydrogen-bond donors (Lipinski definition) is 0. The largest absolute Gasteiger partial charge is 0.497 e. The molecular weight excluding hydrogens is 444 g/mol. The van der Waals surface area contributed by atoms with Crippen LogP contribution in [0.2, 0.25) is 0 Å². The molecule has 0 radical (unpaired) electrons. The van der Waals surface area contributed by atoms with Crippen molar-refractivity contribution in [2.24, 2.45) is 0 Å². The van der Waals surface area contributed by atoms with Crippen molar-refractivity contribution in [3.05, 3.63) is 83.6 Å². The van der Waals surface area contributed by atoms with Gasteiger partial charge in [-0.05, 0) is 60.7 Å². The first-order valence-electron chi connectivity index (χ1n) is 11.4. The molecule has 2 aliphatic rings. The van der Waals surface area contributed by atoms with Crippen LogP contribution < -0.4 is 4.90 Å². The van der Waals surface area contributed by atoms with E-state index >= 15 is 0 Å². The molecule has 0 aliphatic heterocycles. The first-order chi connectivity index (χ1) is 16.9. The van der Waals surface area contributed by atoms with E-state index in [1.807, 2.05) is 79.7 Å². The molecule has 0 N–H and O–H groups in total. The van der Waals surface area contributed by atoms with Gasteiger partial charge in [0.2, 0.25) is 0 Å². The predicted molar refractivity (Wildman–Crippen MR) is 135 cm³/mol. The summed E-state index contributed by atoms with van der Waals surface area (Å²) in [6.07, 6.45) is 12.7. The molecule has 2 unspecified atom stereocenters. The van der Waals surface area contributed by atoms with E-state index in [2.05, 4.69) is 5.10 Å². The molecule has 2 aliphatic carbocycles. The Morgan fingerprint density at radius 2 is 1.29 bits per heavy atom. The third kappa shape index (κ3) is 4.59. The van der Waals surface area contributed by atoms with Crippen LogP contribution in [0.3, 0.4) is 0 Å². The van der Waals surface area contributed by atoms with E-state index in [-0.39, 0.29) is 0 Å². The number of benzene rings is 1. The van der Waals surface area contributed by atoms with Gasteiger partial charge in [0, 0.05) is 52.4 Å². The Labute approximate surface area is 206 Å². The van der Waals surface area contributed by atoms with Crippen LogP contribution in [0.1, 0.15) is 24.2 Å². The van der Waals surface area contributed by atoms with Crippen molar-refractivity contribution in [3.63, 3.8) is 0 Å². The molecular formula is C27H32N4O4. The van der Waals surface area contributed by atoms with E-state index in [9.17, 15) is 0 Å². The Morgan fingerprint density at radius 3 is 1.71 bits per heavy atom. The summed E-state index contributed by atoms with van der Waals surface area (Å²) in [5.74, 6) is 2.05. The Hall–Kier alpha value is -3.49. The van der Waals surface area contributed by atoms with Gasteiger partial charge in [-0.25, -0.2) is 4.98 Å². The molecule has 2 aromatic rings. The number of nitrogens with zero attached hydrogens (tertiary/aromatic N) is 4. The van der Waals surface area contributed by atoms with Crippen LogP contribution in [-0.2, 0) is 30.1 Å². The Bertz CT molecular complexity index is 1190. The quantitative estimate of drug-likeness (QED) is 0.559. The van der Waals surface area contributed by atoms with Crippen LogP contribution in [0.4, 0.5) is 5.69 Å². The topological polar surface area (TPSA) is 78.8 Å². The molecule has 0 bridgehead atoms. The van der Waals surface area contributed by atoms with Gasteiger partial charge in [-0.2, -0.15) is 0 Å². The highest BCUT2D eigenvalue weighted by Gasteiger charge is 2.43. The van der Waals surface area contributed by atoms with Crippen molar-refractivity contribution in [2.45, 2.75) is 24.0 Å². The van der Waals surface area contributed by atoms with Gasteiger partial charge in [-0.15, -0.1) is 10.2 Å². The number of anilines is 1. The minimum atomic E-state index is -0.866. The van der Waals surface area contributed by atoms with Crippen molar-refractivity contribution >= 4 is 5.69 Å². The monoisotopic (exact) mass is 476 g/mol. The number of rotatable bonds is 8. The maximum Gasteiger partial charge on any atom is 0.182 e. The lowest BCUT2D eigenvalue weighted by atomic mass is 9.82. The first kappa shape index (κ1) is 24.6. The third-order valence-corrected chi connectivity index (χ3v) is 6.58. The van der Waals surface area contributed by atoms with Gasteiger partial charge in [0.25, 0.3) is 0 Å². The van der Waals surface area contributed by atoms with Crippen LogP contribution in [0.25, 0.3) is 11.4 Å². The zero-order valence-corrected chi connectivity index (χ0v) is 21.1. The molecule has 1 heterocycles. The highest BCUT2D eigenvalue weighted by atomic mass is 16.5. The molecule has 0 fully saturated rings. The van der Waals surface area contributed by atoms with Gasteiger partial charge in [0.1, 0.15) is 34.1 Å². The molecule has 1 aromatic heterocycles. The molecule has 184 valence electrons. The molecule has 8 nitrogen and oxygen atoms in total. The van der Waals surface area contributed by atoms with Crippen molar-refractivity contribution in [1.29, 1.82) is 0 Å². The van der Waals surface area contributed by atoms with Crippen molar-refractivity contribution in [3.8, 4) is 11.4 Å². The summed E-state index contributed by atoms with van der Waals surface area (Å²) in [7, 11) is 10.6. The van der Waals surface area contributed by atoms with Gasteiger partial charge in [-0.3, -0.25) is 0 Å². The summed E-state index contributed by atoms with van der Waals surface area (Å²) >= 11 is 0. The molecule has 0 spiro atoms. The maximum absolute atomic E-state index is 6.12. The van der Waals surface area contributed by atoms with Crippen molar-refractivity contribution in [1.82, 2.24) is 15.2 Å². The van der Waals surface area contributed by atoms with E-state index in [1.54, 1.807) is 28.4 Å². The molecule has 8 heteroatoms. The molecule has 35 heavy (non-hydrogen) atoms. The zero-order chi connectivity index (χ0) is 25.1. The maximum atomic E-state index is 6.12. The second-order valence-electron chi connectivity index (χ2n) is 8.66. The van der Waals surface area contributed by atoms with Crippen molar-refractivity contribution < 1.29 is 18.9 Å². The van der Waals surface area contributed by atoms with Crippen LogP contribution in [0.15, 0.2) is 72.2 Å². The van der Waals surface area contributed by atoms with Gasteiger partial charge >= 0.3 is 0 Å². The van der Waals surface area contributed by atoms with Gasteiger partial charge in [-0.1, -0.05) is 0 Å². The summed E-state index contributed by atoms with van der Waals surface area (Å²) in [4.78, 5) is 7.09. The number of methoxy groups -OCH3 is 4. The molecule has 0 amide bonds. The van der Waals surface area contributed by atoms with E-state index in [4.69, 9.17) is 29.0 Å². The summed E-state index contributed by atoms with van der Waals surface area (Å²) in [6, 6.07) is 8.05. The predicted octanol–water partition coefficient (Wildman–Crippen LogP) is 4.27. The average Bonchev–Trinajstić information content (AvgIpc) is 2.93. The lowest BCUT2D eigenvalue weighted by molar-refractivity contribution is 0.00118. The number of aromatic nitrogens is 3. The lowest BCUT2D eigenvalue weighted by Crippen LogP contribution is -2.38. The number of hydrogen-bond acceptors (Lipinski definition) is 8. The highest BCUT2D eigenvalue weighted by molar-refractivity contribution is 5.60. The number of ether oxygens (including phenoxy) is 4. The summed E-state index contributed by atoms with van der Waals surface area (Å²) in [6.45, 7) is 0. The van der Waals surface area contributed by atoms with E-state index < -0.39 is 11.2 Å². The third-order valence-electron chi connectivity index (χ3n) is 6.58. The number of allylic oxidation sites excluding steroid dienone is 2. The minimum Gasteiger partial charge on any atom is -0.497 e. The minimum absolute atomic E-state index is 0.513. The Kier molecular flexibility index (Phi) is 7.05. The molecule has 0 saturated carbocycles. The summed E-state index contributed by atoms with van der Waals surface area (Å²) in [5.41, 5.74) is 1.46. The van der Waals surface area contributed by atoms with Gasteiger partial charge < -0.3 is 23.8 Å². The Morgan fingerprint density at radius 1 is 0.743 bits per heavy atom. The van der Waals surface area contributed by atoms with E-state index in [0.717, 1.165) is 22.8 Å². The Balaban J connectivity index is 1.87. The molecule has 4 rings (SSSR count). The SMILES string of the molecule is COC1=CCC(OC)(c2nnc(-c3ccc(N(C)C)cc3)nc2C2(OC)C=CC(OC)=CC2)C=C1. The van der Waals surface area contributed by atoms with Crippen LogP contribution in [0, 0.1) is 0 Å². The standard InChI is InChI=1S/C27H32N4O4/c1-31(2)20-9-7-19(8-10-20)25-28-23(26(34-5)15-11-21(32-3)12-16-26)24(29-30-25)27(35-6)17-13-22(33-4)14-18-27/h7-15,17H,16,18H2,1-6H3. The molecule has 0 saturated heterocycles.